The van der Waals surface area contributed by atoms with E-state index in [0.717, 1.165) is 39.1 Å². The van der Waals surface area contributed by atoms with Crippen molar-refractivity contribution in [1.29, 1.82) is 0 Å². The van der Waals surface area contributed by atoms with Crippen LogP contribution in [0.1, 0.15) is 37.0 Å². The fourth-order valence-corrected chi connectivity index (χ4v) is 3.71. The van der Waals surface area contributed by atoms with Crippen molar-refractivity contribution in [3.63, 3.8) is 0 Å². The van der Waals surface area contributed by atoms with Gasteiger partial charge in [-0.3, -0.25) is 9.69 Å². The molecule has 0 bridgehead atoms. The summed E-state index contributed by atoms with van der Waals surface area (Å²) in [6.07, 6.45) is 2.15. The van der Waals surface area contributed by atoms with Crippen LogP contribution in [0.15, 0.2) is 12.1 Å². The van der Waals surface area contributed by atoms with Crippen LogP contribution in [0.25, 0.3) is 0 Å². The second-order valence-electron chi connectivity index (χ2n) is 6.58. The highest BCUT2D eigenvalue weighted by atomic mass is 35.5. The summed E-state index contributed by atoms with van der Waals surface area (Å²) in [6.45, 7) is 8.26. The number of methoxy groups -OCH3 is 1. The molecular formula is C19H32Cl3N3O3. The predicted molar refractivity (Wildman–Crippen MR) is 119 cm³/mol. The summed E-state index contributed by atoms with van der Waals surface area (Å²) in [6, 6.07) is 3.43. The average Bonchev–Trinajstić information content (AvgIpc) is 2.67. The number of anilines is 1. The van der Waals surface area contributed by atoms with Gasteiger partial charge >= 0.3 is 0 Å². The van der Waals surface area contributed by atoms with Gasteiger partial charge in [0.25, 0.3) is 5.91 Å². The molecule has 1 aliphatic rings. The van der Waals surface area contributed by atoms with Crippen LogP contribution in [0.2, 0.25) is 5.02 Å². The van der Waals surface area contributed by atoms with Crippen molar-refractivity contribution >= 4 is 48.0 Å². The Balaban J connectivity index is 0.00000364. The lowest BCUT2D eigenvalue weighted by molar-refractivity contribution is 0.00191. The van der Waals surface area contributed by atoms with Crippen molar-refractivity contribution < 1.29 is 14.3 Å². The summed E-state index contributed by atoms with van der Waals surface area (Å²) in [5.74, 6) is 0.744. The van der Waals surface area contributed by atoms with Gasteiger partial charge in [0.15, 0.2) is 0 Å². The SMILES string of the molecule is CCC(CC)C(CNC(=O)c1cc(Cl)c(N)cc1OC)N1CCOCC1.Cl.Cl. The highest BCUT2D eigenvalue weighted by Gasteiger charge is 2.27. The zero-order valence-electron chi connectivity index (χ0n) is 16.7. The standard InChI is InChI=1S/C19H30ClN3O3.2ClH/c1-4-13(5-2)17(23-6-8-26-9-7-23)12-22-19(24)14-10-15(20)16(21)11-18(14)25-3;;/h10-11,13,17H,4-9,12,21H2,1-3H3,(H,22,24);2*1H. The molecule has 2 rings (SSSR count). The van der Waals surface area contributed by atoms with Crippen molar-refractivity contribution in [2.75, 3.05) is 45.7 Å². The van der Waals surface area contributed by atoms with E-state index >= 15 is 0 Å². The summed E-state index contributed by atoms with van der Waals surface area (Å²) in [5, 5.41) is 3.41. The van der Waals surface area contributed by atoms with E-state index in [2.05, 4.69) is 24.1 Å². The van der Waals surface area contributed by atoms with Crippen molar-refractivity contribution in [3.8, 4) is 5.75 Å². The number of nitrogens with two attached hydrogens (primary N) is 1. The average molecular weight is 457 g/mol. The Morgan fingerprint density at radius 2 is 1.89 bits per heavy atom. The first kappa shape index (κ1) is 27.1. The minimum atomic E-state index is -0.201. The smallest absolute Gasteiger partial charge is 0.255 e. The van der Waals surface area contributed by atoms with Gasteiger partial charge in [-0.15, -0.1) is 24.8 Å². The topological polar surface area (TPSA) is 76.8 Å². The molecular weight excluding hydrogens is 425 g/mol. The van der Waals surface area contributed by atoms with Crippen LogP contribution in [-0.2, 0) is 4.74 Å². The van der Waals surface area contributed by atoms with Crippen LogP contribution >= 0.6 is 36.4 Å². The van der Waals surface area contributed by atoms with Gasteiger partial charge in [0.2, 0.25) is 0 Å². The van der Waals surface area contributed by atoms with Crippen LogP contribution < -0.4 is 15.8 Å². The number of rotatable bonds is 8. The molecule has 1 aromatic rings. The summed E-state index contributed by atoms with van der Waals surface area (Å²) in [7, 11) is 1.51. The zero-order chi connectivity index (χ0) is 19.1. The Morgan fingerprint density at radius 1 is 1.29 bits per heavy atom. The molecule has 9 heteroatoms. The molecule has 1 fully saturated rings. The number of hydrogen-bond acceptors (Lipinski definition) is 5. The Kier molecular flexibility index (Phi) is 12.9. The number of carbonyl (C=O) groups is 1. The van der Waals surface area contributed by atoms with E-state index in [1.807, 2.05) is 0 Å². The molecule has 1 aromatic carbocycles. The van der Waals surface area contributed by atoms with E-state index in [4.69, 9.17) is 26.8 Å². The minimum absolute atomic E-state index is 0. The van der Waals surface area contributed by atoms with Gasteiger partial charge in [0, 0.05) is 31.7 Å². The first-order valence-electron chi connectivity index (χ1n) is 9.24. The largest absolute Gasteiger partial charge is 0.496 e. The van der Waals surface area contributed by atoms with Crippen LogP contribution in [0.5, 0.6) is 5.75 Å². The highest BCUT2D eigenvalue weighted by molar-refractivity contribution is 6.33. The van der Waals surface area contributed by atoms with Crippen LogP contribution in [0.3, 0.4) is 0 Å². The molecule has 6 nitrogen and oxygen atoms in total. The number of carbonyl (C=O) groups excluding carboxylic acids is 1. The third-order valence-electron chi connectivity index (χ3n) is 5.14. The molecule has 162 valence electrons. The van der Waals surface area contributed by atoms with Crippen molar-refractivity contribution in [2.45, 2.75) is 32.7 Å². The van der Waals surface area contributed by atoms with Gasteiger partial charge in [-0.25, -0.2) is 0 Å². The number of morpholine rings is 1. The van der Waals surface area contributed by atoms with E-state index in [9.17, 15) is 4.79 Å². The minimum Gasteiger partial charge on any atom is -0.496 e. The summed E-state index contributed by atoms with van der Waals surface area (Å²) < 4.78 is 10.8. The molecule has 1 atom stereocenters. The van der Waals surface area contributed by atoms with E-state index in [-0.39, 0.29) is 36.8 Å². The molecule has 0 saturated carbocycles. The van der Waals surface area contributed by atoms with Crippen molar-refractivity contribution in [2.24, 2.45) is 5.92 Å². The van der Waals surface area contributed by atoms with Crippen LogP contribution in [0.4, 0.5) is 5.69 Å². The second-order valence-corrected chi connectivity index (χ2v) is 6.98. The lowest BCUT2D eigenvalue weighted by Gasteiger charge is -2.38. The molecule has 0 aromatic heterocycles. The quantitative estimate of drug-likeness (QED) is 0.584. The van der Waals surface area contributed by atoms with Gasteiger partial charge in [-0.1, -0.05) is 38.3 Å². The fraction of sp³-hybridized carbons (Fsp3) is 0.632. The van der Waals surface area contributed by atoms with Crippen molar-refractivity contribution in [1.82, 2.24) is 10.2 Å². The van der Waals surface area contributed by atoms with Crippen LogP contribution in [0, 0.1) is 5.92 Å². The number of nitrogens with zero attached hydrogens (tertiary/aromatic N) is 1. The highest BCUT2D eigenvalue weighted by Crippen LogP contribution is 2.29. The summed E-state index contributed by atoms with van der Waals surface area (Å²) >= 11 is 6.08. The molecule has 3 N–H and O–H groups in total. The molecule has 0 radical (unpaired) electrons. The van der Waals surface area contributed by atoms with Gasteiger partial charge in [0.05, 0.1) is 36.6 Å². The van der Waals surface area contributed by atoms with E-state index < -0.39 is 0 Å². The second kappa shape index (κ2) is 13.3. The Morgan fingerprint density at radius 3 is 2.43 bits per heavy atom. The Labute approximate surface area is 185 Å². The number of ether oxygens (including phenoxy) is 2. The lowest BCUT2D eigenvalue weighted by atomic mass is 9.92. The first-order chi connectivity index (χ1) is 12.5. The van der Waals surface area contributed by atoms with Gasteiger partial charge in [-0.05, 0) is 12.0 Å². The lowest BCUT2D eigenvalue weighted by Crippen LogP contribution is -2.52. The van der Waals surface area contributed by atoms with Gasteiger partial charge in [0.1, 0.15) is 5.75 Å². The molecule has 28 heavy (non-hydrogen) atoms. The number of nitrogens with one attached hydrogen (secondary N) is 1. The molecule has 1 heterocycles. The molecule has 0 spiro atoms. The maximum absolute atomic E-state index is 12.7. The first-order valence-corrected chi connectivity index (χ1v) is 9.62. The predicted octanol–water partition coefficient (Wildman–Crippen LogP) is 3.64. The zero-order valence-corrected chi connectivity index (χ0v) is 19.1. The fourth-order valence-electron chi connectivity index (χ4n) is 3.54. The molecule has 1 unspecified atom stereocenters. The molecule has 0 aliphatic carbocycles. The number of hydrogen-bond donors (Lipinski definition) is 2. The molecule has 1 aliphatic heterocycles. The monoisotopic (exact) mass is 455 g/mol. The Bertz CT molecular complexity index is 610. The normalized spacial score (nSPS) is 15.3. The van der Waals surface area contributed by atoms with E-state index in [1.165, 1.54) is 7.11 Å². The molecule has 1 saturated heterocycles. The van der Waals surface area contributed by atoms with E-state index in [0.29, 0.717) is 34.5 Å². The maximum atomic E-state index is 12.7. The van der Waals surface area contributed by atoms with E-state index in [1.54, 1.807) is 12.1 Å². The Hall–Kier alpha value is -0.920. The van der Waals surface area contributed by atoms with Crippen LogP contribution in [-0.4, -0.2) is 56.8 Å². The summed E-state index contributed by atoms with van der Waals surface area (Å²) in [5.41, 5.74) is 6.59. The van der Waals surface area contributed by atoms with Gasteiger partial charge in [-0.2, -0.15) is 0 Å². The number of halogens is 3. The third kappa shape index (κ3) is 6.85. The van der Waals surface area contributed by atoms with Gasteiger partial charge < -0.3 is 20.5 Å². The number of benzene rings is 1. The third-order valence-corrected chi connectivity index (χ3v) is 5.47. The number of amides is 1. The summed E-state index contributed by atoms with van der Waals surface area (Å²) in [4.78, 5) is 15.2. The maximum Gasteiger partial charge on any atom is 0.255 e. The van der Waals surface area contributed by atoms with Crippen molar-refractivity contribution in [3.05, 3.63) is 22.7 Å². The number of nitrogen functional groups attached to an aromatic ring is 1. The molecule has 1 amide bonds.